The molecule has 30 heavy (non-hydrogen) atoms. The maximum absolute atomic E-state index is 13.5. The molecule has 0 bridgehead atoms. The van der Waals surface area contributed by atoms with Crippen LogP contribution in [-0.4, -0.2) is 19.0 Å². The van der Waals surface area contributed by atoms with E-state index in [1.165, 1.54) is 0 Å². The largest absolute Gasteiger partial charge is 0.497 e. The van der Waals surface area contributed by atoms with Gasteiger partial charge in [-0.05, 0) is 46.7 Å². The summed E-state index contributed by atoms with van der Waals surface area (Å²) in [6, 6.07) is 27.5. The summed E-state index contributed by atoms with van der Waals surface area (Å²) < 4.78 is 12.6. The molecule has 4 aromatic rings. The minimum Gasteiger partial charge on any atom is -0.497 e. The van der Waals surface area contributed by atoms with Gasteiger partial charge in [0, 0.05) is 15.6 Å². The molecule has 0 aromatic heterocycles. The van der Waals surface area contributed by atoms with Crippen LogP contribution in [0.4, 0.5) is 0 Å². The molecule has 1 heterocycles. The normalized spacial score (nSPS) is 17.4. The SMILES string of the molecule is COc1ccc([C@H]2c3c(ccc4cc(Br)ccc34)O[C@H]2C(=O)c2ccccc2)cc1. The predicted octanol–water partition coefficient (Wildman–Crippen LogP) is 6.39. The van der Waals surface area contributed by atoms with E-state index < -0.39 is 6.10 Å². The van der Waals surface area contributed by atoms with Crippen LogP contribution in [0.2, 0.25) is 0 Å². The first-order valence-corrected chi connectivity index (χ1v) is 10.6. The van der Waals surface area contributed by atoms with Crippen molar-refractivity contribution >= 4 is 32.5 Å². The van der Waals surface area contributed by atoms with E-state index in [1.807, 2.05) is 72.8 Å². The Hall–Kier alpha value is -3.11. The number of rotatable bonds is 4. The van der Waals surface area contributed by atoms with Gasteiger partial charge in [-0.15, -0.1) is 0 Å². The number of benzene rings is 4. The summed E-state index contributed by atoms with van der Waals surface area (Å²) in [5.74, 6) is 1.33. The zero-order chi connectivity index (χ0) is 20.7. The minimum absolute atomic E-state index is 0.0159. The lowest BCUT2D eigenvalue weighted by Gasteiger charge is -2.19. The predicted molar refractivity (Wildman–Crippen MR) is 122 cm³/mol. The van der Waals surface area contributed by atoms with Gasteiger partial charge in [0.15, 0.2) is 6.10 Å². The Bertz CT molecular complexity index is 1230. The van der Waals surface area contributed by atoms with Crippen LogP contribution in [0, 0.1) is 0 Å². The van der Waals surface area contributed by atoms with Crippen LogP contribution in [-0.2, 0) is 0 Å². The minimum atomic E-state index is -0.620. The Morgan fingerprint density at radius 2 is 1.70 bits per heavy atom. The average molecular weight is 459 g/mol. The fourth-order valence-electron chi connectivity index (χ4n) is 4.21. The van der Waals surface area contributed by atoms with Gasteiger partial charge in [-0.25, -0.2) is 0 Å². The molecule has 0 N–H and O–H groups in total. The number of ether oxygens (including phenoxy) is 2. The van der Waals surface area contributed by atoms with Crippen LogP contribution in [0.25, 0.3) is 10.8 Å². The highest BCUT2D eigenvalue weighted by Crippen LogP contribution is 2.47. The van der Waals surface area contributed by atoms with Crippen molar-refractivity contribution in [3.05, 3.63) is 106 Å². The van der Waals surface area contributed by atoms with Gasteiger partial charge >= 0.3 is 0 Å². The standard InChI is InChI=1S/C26H19BrO3/c1-29-20-11-7-16(8-12-20)23-24-21-13-10-19(27)15-18(21)9-14-22(24)30-26(23)25(28)17-5-3-2-4-6-17/h2-15,23,26H,1H3/t23-,26+/m0/s1. The number of carbonyl (C=O) groups excluding carboxylic acids is 1. The van der Waals surface area contributed by atoms with Crippen molar-refractivity contribution in [2.45, 2.75) is 12.0 Å². The number of hydrogen-bond donors (Lipinski definition) is 0. The maximum Gasteiger partial charge on any atom is 0.204 e. The Labute approximate surface area is 183 Å². The van der Waals surface area contributed by atoms with Crippen molar-refractivity contribution < 1.29 is 14.3 Å². The van der Waals surface area contributed by atoms with E-state index in [0.717, 1.165) is 37.9 Å². The van der Waals surface area contributed by atoms with Crippen molar-refractivity contribution in [3.8, 4) is 11.5 Å². The number of methoxy groups -OCH3 is 1. The number of carbonyl (C=O) groups is 1. The van der Waals surface area contributed by atoms with Crippen molar-refractivity contribution in [2.75, 3.05) is 7.11 Å². The Morgan fingerprint density at radius 1 is 0.933 bits per heavy atom. The summed E-state index contributed by atoms with van der Waals surface area (Å²) in [6.07, 6.45) is -0.620. The summed E-state index contributed by atoms with van der Waals surface area (Å²) in [7, 11) is 1.65. The number of ketones is 1. The van der Waals surface area contributed by atoms with Crippen LogP contribution in [0.5, 0.6) is 11.5 Å². The first-order valence-electron chi connectivity index (χ1n) is 9.78. The lowest BCUT2D eigenvalue weighted by molar-refractivity contribution is 0.0807. The van der Waals surface area contributed by atoms with Crippen LogP contribution >= 0.6 is 15.9 Å². The Kier molecular flexibility index (Phi) is 4.80. The third kappa shape index (κ3) is 3.17. The van der Waals surface area contributed by atoms with Crippen LogP contribution in [0.1, 0.15) is 27.4 Å². The summed E-state index contributed by atoms with van der Waals surface area (Å²) in [4.78, 5) is 13.5. The fourth-order valence-corrected chi connectivity index (χ4v) is 4.59. The van der Waals surface area contributed by atoms with E-state index in [2.05, 4.69) is 28.1 Å². The van der Waals surface area contributed by atoms with Gasteiger partial charge in [0.1, 0.15) is 11.5 Å². The highest BCUT2D eigenvalue weighted by molar-refractivity contribution is 9.10. The molecular weight excluding hydrogens is 440 g/mol. The Morgan fingerprint density at radius 3 is 2.43 bits per heavy atom. The van der Waals surface area contributed by atoms with E-state index in [0.29, 0.717) is 5.56 Å². The van der Waals surface area contributed by atoms with E-state index in [-0.39, 0.29) is 11.7 Å². The summed E-state index contributed by atoms with van der Waals surface area (Å²) >= 11 is 3.56. The number of hydrogen-bond acceptors (Lipinski definition) is 3. The number of fused-ring (bicyclic) bond motifs is 3. The maximum atomic E-state index is 13.5. The van der Waals surface area contributed by atoms with E-state index in [9.17, 15) is 4.79 Å². The molecule has 0 saturated carbocycles. The second kappa shape index (κ2) is 7.62. The highest BCUT2D eigenvalue weighted by Gasteiger charge is 2.41. The topological polar surface area (TPSA) is 35.5 Å². The molecule has 4 aromatic carbocycles. The molecule has 0 radical (unpaired) electrons. The molecule has 4 heteroatoms. The van der Waals surface area contributed by atoms with Crippen LogP contribution < -0.4 is 9.47 Å². The summed E-state index contributed by atoms with van der Waals surface area (Å²) in [5.41, 5.74) is 2.74. The number of halogens is 1. The quantitative estimate of drug-likeness (QED) is 0.332. The molecule has 0 saturated heterocycles. The molecule has 0 amide bonds. The van der Waals surface area contributed by atoms with E-state index in [4.69, 9.17) is 9.47 Å². The zero-order valence-electron chi connectivity index (χ0n) is 16.3. The molecule has 0 aliphatic carbocycles. The molecular formula is C26H19BrO3. The van der Waals surface area contributed by atoms with Crippen molar-refractivity contribution in [3.63, 3.8) is 0 Å². The molecule has 3 nitrogen and oxygen atoms in total. The number of Topliss-reactive ketones (excluding diaryl/α,β-unsaturated/α-hetero) is 1. The first-order chi connectivity index (χ1) is 14.7. The third-order valence-electron chi connectivity index (χ3n) is 5.64. The third-order valence-corrected chi connectivity index (χ3v) is 6.14. The average Bonchev–Trinajstić information content (AvgIpc) is 3.19. The monoisotopic (exact) mass is 458 g/mol. The lowest BCUT2D eigenvalue weighted by Crippen LogP contribution is -2.30. The fraction of sp³-hybridized carbons (Fsp3) is 0.115. The van der Waals surface area contributed by atoms with Gasteiger partial charge in [0.2, 0.25) is 5.78 Å². The lowest BCUT2D eigenvalue weighted by atomic mass is 9.83. The van der Waals surface area contributed by atoms with Gasteiger partial charge in [0.05, 0.1) is 13.0 Å². The molecule has 5 rings (SSSR count). The Balaban J connectivity index is 1.69. The highest BCUT2D eigenvalue weighted by atomic mass is 79.9. The van der Waals surface area contributed by atoms with Crippen molar-refractivity contribution in [1.29, 1.82) is 0 Å². The van der Waals surface area contributed by atoms with E-state index >= 15 is 0 Å². The molecule has 0 spiro atoms. The molecule has 148 valence electrons. The van der Waals surface area contributed by atoms with Crippen LogP contribution in [0.3, 0.4) is 0 Å². The summed E-state index contributed by atoms with van der Waals surface area (Å²) in [5, 5.41) is 2.21. The summed E-state index contributed by atoms with van der Waals surface area (Å²) in [6.45, 7) is 0. The second-order valence-corrected chi connectivity index (χ2v) is 8.28. The van der Waals surface area contributed by atoms with Crippen molar-refractivity contribution in [1.82, 2.24) is 0 Å². The second-order valence-electron chi connectivity index (χ2n) is 7.36. The molecule has 1 aliphatic rings. The molecule has 1 aliphatic heterocycles. The smallest absolute Gasteiger partial charge is 0.204 e. The van der Waals surface area contributed by atoms with Crippen LogP contribution in [0.15, 0.2) is 89.4 Å². The zero-order valence-corrected chi connectivity index (χ0v) is 17.9. The van der Waals surface area contributed by atoms with Gasteiger partial charge in [0.25, 0.3) is 0 Å². The van der Waals surface area contributed by atoms with E-state index in [1.54, 1.807) is 7.11 Å². The molecule has 0 unspecified atom stereocenters. The van der Waals surface area contributed by atoms with Gasteiger partial charge < -0.3 is 9.47 Å². The molecule has 0 fully saturated rings. The van der Waals surface area contributed by atoms with Crippen molar-refractivity contribution in [2.24, 2.45) is 0 Å². The first kappa shape index (κ1) is 18.9. The molecule has 2 atom stereocenters. The van der Waals surface area contributed by atoms with Gasteiger partial charge in [-0.2, -0.15) is 0 Å². The van der Waals surface area contributed by atoms with Gasteiger partial charge in [-0.3, -0.25) is 4.79 Å². The van der Waals surface area contributed by atoms with Gasteiger partial charge in [-0.1, -0.05) is 70.5 Å².